The molecule has 3 aromatic carbocycles. The Morgan fingerprint density at radius 3 is 2.57 bits per heavy atom. The van der Waals surface area contributed by atoms with Crippen molar-refractivity contribution in [3.63, 3.8) is 0 Å². The predicted octanol–water partition coefficient (Wildman–Crippen LogP) is 8.06. The molecular weight excluding hydrogens is 376 g/mol. The minimum atomic E-state index is -0.882. The maximum atomic E-state index is 15.3. The summed E-state index contributed by atoms with van der Waals surface area (Å²) < 4.78 is 29.3. The van der Waals surface area contributed by atoms with Gasteiger partial charge in [-0.2, -0.15) is 5.26 Å². The predicted molar refractivity (Wildman–Crippen MR) is 118 cm³/mol. The van der Waals surface area contributed by atoms with Crippen molar-refractivity contribution < 1.29 is 8.78 Å². The summed E-state index contributed by atoms with van der Waals surface area (Å²) in [5.41, 5.74) is 3.66. The molecule has 0 saturated heterocycles. The van der Waals surface area contributed by atoms with Crippen LogP contribution in [0.1, 0.15) is 68.3 Å². The Hall–Kier alpha value is -2.73. The van der Waals surface area contributed by atoms with Crippen LogP contribution < -0.4 is 0 Å². The van der Waals surface area contributed by atoms with Gasteiger partial charge in [0.25, 0.3) is 0 Å². The van der Waals surface area contributed by atoms with Crippen molar-refractivity contribution in [3.05, 3.63) is 71.0 Å². The second-order valence-electron chi connectivity index (χ2n) is 8.43. The third-order valence-electron chi connectivity index (χ3n) is 6.50. The summed E-state index contributed by atoms with van der Waals surface area (Å²) in [5, 5.41) is 11.1. The lowest BCUT2D eigenvalue weighted by Crippen LogP contribution is -2.18. The number of aryl methyl sites for hydroxylation is 1. The van der Waals surface area contributed by atoms with Gasteiger partial charge in [0.1, 0.15) is 18.1 Å². The highest BCUT2D eigenvalue weighted by molar-refractivity contribution is 5.91. The molecule has 4 rings (SSSR count). The standard InChI is InChI=1S/C27H27F2N/c1-2-3-4-5-6-18-9-13-24-23-12-10-19(15-21(23)11-14-25(24)27(18)29)20-7-8-22(17-30)26(28)16-20/h7-8,10-12,14-16,18,27H,2-6,9,13H2,1H3/t18-,27+/m0/s1. The first-order valence-electron chi connectivity index (χ1n) is 11.0. The second kappa shape index (κ2) is 8.96. The minimum Gasteiger partial charge on any atom is -0.242 e. The van der Waals surface area contributed by atoms with Crippen molar-refractivity contribution >= 4 is 10.8 Å². The van der Waals surface area contributed by atoms with Gasteiger partial charge in [-0.25, -0.2) is 8.78 Å². The van der Waals surface area contributed by atoms with E-state index < -0.39 is 12.0 Å². The molecule has 1 aliphatic carbocycles. The Morgan fingerprint density at radius 1 is 1.00 bits per heavy atom. The second-order valence-corrected chi connectivity index (χ2v) is 8.43. The van der Waals surface area contributed by atoms with E-state index in [1.54, 1.807) is 6.07 Å². The van der Waals surface area contributed by atoms with Crippen LogP contribution in [-0.2, 0) is 6.42 Å². The minimum absolute atomic E-state index is 0.0480. The van der Waals surface area contributed by atoms with Gasteiger partial charge in [0.2, 0.25) is 0 Å². The van der Waals surface area contributed by atoms with Gasteiger partial charge in [0, 0.05) is 0 Å². The van der Waals surface area contributed by atoms with E-state index in [2.05, 4.69) is 6.92 Å². The van der Waals surface area contributed by atoms with Crippen molar-refractivity contribution in [2.75, 3.05) is 0 Å². The van der Waals surface area contributed by atoms with Crippen LogP contribution in [0.15, 0.2) is 48.5 Å². The third-order valence-corrected chi connectivity index (χ3v) is 6.50. The summed E-state index contributed by atoms with van der Waals surface area (Å²) in [7, 11) is 0. The molecule has 0 saturated carbocycles. The quantitative estimate of drug-likeness (QED) is 0.382. The Kier molecular flexibility index (Phi) is 6.13. The molecule has 0 aromatic heterocycles. The molecule has 154 valence electrons. The molecule has 0 unspecified atom stereocenters. The Labute approximate surface area is 177 Å². The monoisotopic (exact) mass is 403 g/mol. The molecule has 0 fully saturated rings. The summed E-state index contributed by atoms with van der Waals surface area (Å²) in [6.07, 6.45) is 6.66. The van der Waals surface area contributed by atoms with E-state index in [4.69, 9.17) is 5.26 Å². The smallest absolute Gasteiger partial charge is 0.141 e. The molecule has 0 amide bonds. The number of rotatable bonds is 6. The molecule has 0 heterocycles. The van der Waals surface area contributed by atoms with Crippen LogP contribution in [0.25, 0.3) is 21.9 Å². The zero-order chi connectivity index (χ0) is 21.1. The molecule has 2 atom stereocenters. The largest absolute Gasteiger partial charge is 0.242 e. The zero-order valence-corrected chi connectivity index (χ0v) is 17.4. The van der Waals surface area contributed by atoms with E-state index in [9.17, 15) is 4.39 Å². The number of hydrogen-bond donors (Lipinski definition) is 0. The fourth-order valence-corrected chi connectivity index (χ4v) is 4.77. The fourth-order valence-electron chi connectivity index (χ4n) is 4.77. The van der Waals surface area contributed by atoms with Crippen LogP contribution in [-0.4, -0.2) is 0 Å². The van der Waals surface area contributed by atoms with Crippen molar-refractivity contribution in [3.8, 4) is 17.2 Å². The van der Waals surface area contributed by atoms with Gasteiger partial charge in [-0.1, -0.05) is 62.9 Å². The van der Waals surface area contributed by atoms with E-state index >= 15 is 4.39 Å². The molecule has 1 nitrogen and oxygen atoms in total. The zero-order valence-electron chi connectivity index (χ0n) is 17.4. The molecular formula is C27H27F2N. The van der Waals surface area contributed by atoms with Gasteiger partial charge in [-0.3, -0.25) is 0 Å². The third kappa shape index (κ3) is 3.97. The number of nitrogens with zero attached hydrogens (tertiary/aromatic N) is 1. The van der Waals surface area contributed by atoms with E-state index in [0.717, 1.165) is 58.7 Å². The average Bonchev–Trinajstić information content (AvgIpc) is 2.77. The number of alkyl halides is 1. The van der Waals surface area contributed by atoms with Crippen molar-refractivity contribution in [2.24, 2.45) is 5.92 Å². The van der Waals surface area contributed by atoms with Gasteiger partial charge >= 0.3 is 0 Å². The number of fused-ring (bicyclic) bond motifs is 3. The van der Waals surface area contributed by atoms with Crippen LogP contribution >= 0.6 is 0 Å². The highest BCUT2D eigenvalue weighted by Crippen LogP contribution is 2.43. The highest BCUT2D eigenvalue weighted by atomic mass is 19.1. The summed E-state index contributed by atoms with van der Waals surface area (Å²) in [6, 6.07) is 16.5. The van der Waals surface area contributed by atoms with Gasteiger partial charge in [-0.15, -0.1) is 0 Å². The number of nitriles is 1. The molecule has 1 aliphatic rings. The molecule has 0 aliphatic heterocycles. The van der Waals surface area contributed by atoms with Gasteiger partial charge in [-0.05, 0) is 76.4 Å². The van der Waals surface area contributed by atoms with Gasteiger partial charge in [0.05, 0.1) is 5.56 Å². The fraction of sp³-hybridized carbons (Fsp3) is 0.370. The first kappa shape index (κ1) is 20.5. The molecule has 0 radical (unpaired) electrons. The molecule has 0 N–H and O–H groups in total. The molecule has 3 heteroatoms. The lowest BCUT2D eigenvalue weighted by atomic mass is 9.78. The molecule has 0 spiro atoms. The Balaban J connectivity index is 1.61. The number of hydrogen-bond acceptors (Lipinski definition) is 1. The summed E-state index contributed by atoms with van der Waals surface area (Å²) in [4.78, 5) is 0. The van der Waals surface area contributed by atoms with Crippen LogP contribution in [0.2, 0.25) is 0 Å². The number of halogens is 2. The maximum absolute atomic E-state index is 15.3. The maximum Gasteiger partial charge on any atom is 0.141 e. The van der Waals surface area contributed by atoms with E-state index in [0.29, 0.717) is 0 Å². The first-order chi connectivity index (χ1) is 14.6. The molecule has 0 bridgehead atoms. The Bertz CT molecular complexity index is 1100. The summed E-state index contributed by atoms with van der Waals surface area (Å²) >= 11 is 0. The van der Waals surface area contributed by atoms with Crippen LogP contribution in [0.5, 0.6) is 0 Å². The van der Waals surface area contributed by atoms with Gasteiger partial charge < -0.3 is 0 Å². The molecule has 3 aromatic rings. The Morgan fingerprint density at radius 2 is 1.80 bits per heavy atom. The highest BCUT2D eigenvalue weighted by Gasteiger charge is 2.30. The average molecular weight is 404 g/mol. The molecule has 30 heavy (non-hydrogen) atoms. The lowest BCUT2D eigenvalue weighted by molar-refractivity contribution is 0.192. The van der Waals surface area contributed by atoms with Gasteiger partial charge in [0.15, 0.2) is 0 Å². The summed E-state index contributed by atoms with van der Waals surface area (Å²) in [5.74, 6) is -0.376. The number of benzene rings is 3. The van der Waals surface area contributed by atoms with Crippen LogP contribution in [0.4, 0.5) is 8.78 Å². The first-order valence-corrected chi connectivity index (χ1v) is 11.0. The van der Waals surface area contributed by atoms with E-state index in [1.807, 2.05) is 36.4 Å². The number of unbranched alkanes of at least 4 members (excludes halogenated alkanes) is 3. The lowest BCUT2D eigenvalue weighted by Gasteiger charge is -2.29. The van der Waals surface area contributed by atoms with Crippen molar-refractivity contribution in [1.82, 2.24) is 0 Å². The van der Waals surface area contributed by atoms with Crippen molar-refractivity contribution in [1.29, 1.82) is 5.26 Å². The van der Waals surface area contributed by atoms with Crippen LogP contribution in [0, 0.1) is 23.1 Å². The van der Waals surface area contributed by atoms with E-state index in [-0.39, 0.29) is 11.5 Å². The summed E-state index contributed by atoms with van der Waals surface area (Å²) in [6.45, 7) is 2.20. The van der Waals surface area contributed by atoms with Crippen LogP contribution in [0.3, 0.4) is 0 Å². The van der Waals surface area contributed by atoms with E-state index in [1.165, 1.54) is 31.4 Å². The normalized spacial score (nSPS) is 18.2. The topological polar surface area (TPSA) is 23.8 Å². The van der Waals surface area contributed by atoms with Crippen molar-refractivity contribution in [2.45, 2.75) is 58.0 Å². The SMILES string of the molecule is CCCCCC[C@H]1CCc2c(ccc3cc(-c4ccc(C#N)c(F)c4)ccc23)[C@@H]1F.